The highest BCUT2D eigenvalue weighted by Gasteiger charge is 2.19. The van der Waals surface area contributed by atoms with Crippen molar-refractivity contribution in [2.45, 2.75) is 46.3 Å². The van der Waals surface area contributed by atoms with E-state index in [4.69, 9.17) is 5.11 Å². The first-order valence-corrected chi connectivity index (χ1v) is 7.47. The molecule has 0 saturated heterocycles. The number of para-hydroxylation sites is 1. The molecule has 2 aromatic rings. The molecule has 2 rings (SSSR count). The van der Waals surface area contributed by atoms with Crippen molar-refractivity contribution in [2.24, 2.45) is 0 Å². The summed E-state index contributed by atoms with van der Waals surface area (Å²) in [6.45, 7) is 7.61. The second-order valence-corrected chi connectivity index (χ2v) is 5.34. The fraction of sp³-hybridized carbons (Fsp3) is 0.500. The van der Waals surface area contributed by atoms with Gasteiger partial charge in [0.05, 0.1) is 17.8 Å². The minimum atomic E-state index is -0.797. The standard InChI is InChI=1S/C16H23N3O2/c1-4-12(3)18(11-16(20)21)10-14-13-8-6-7-9-15(13)19(5-2)17-14/h6-9,12H,4-5,10-11H2,1-3H3,(H,20,21). The smallest absolute Gasteiger partial charge is 0.317 e. The van der Waals surface area contributed by atoms with E-state index in [0.29, 0.717) is 6.54 Å². The summed E-state index contributed by atoms with van der Waals surface area (Å²) in [5, 5.41) is 14.9. The highest BCUT2D eigenvalue weighted by atomic mass is 16.4. The number of aryl methyl sites for hydroxylation is 1. The molecule has 0 bridgehead atoms. The molecule has 1 aromatic heterocycles. The van der Waals surface area contributed by atoms with E-state index in [1.54, 1.807) is 0 Å². The van der Waals surface area contributed by atoms with E-state index in [1.165, 1.54) is 0 Å². The van der Waals surface area contributed by atoms with E-state index < -0.39 is 5.97 Å². The van der Waals surface area contributed by atoms with Crippen LogP contribution in [0.4, 0.5) is 0 Å². The monoisotopic (exact) mass is 289 g/mol. The number of aromatic nitrogens is 2. The van der Waals surface area contributed by atoms with Crippen LogP contribution in [-0.2, 0) is 17.9 Å². The Hall–Kier alpha value is -1.88. The SMILES string of the molecule is CCC(C)N(CC(=O)O)Cc1nn(CC)c2ccccc12. The first-order valence-electron chi connectivity index (χ1n) is 7.47. The zero-order valence-corrected chi connectivity index (χ0v) is 12.9. The number of carboxylic acids is 1. The largest absolute Gasteiger partial charge is 0.480 e. The molecule has 0 aliphatic carbocycles. The number of hydrogen-bond acceptors (Lipinski definition) is 3. The van der Waals surface area contributed by atoms with Crippen LogP contribution >= 0.6 is 0 Å². The second-order valence-electron chi connectivity index (χ2n) is 5.34. The van der Waals surface area contributed by atoms with Crippen LogP contribution in [0.15, 0.2) is 24.3 Å². The van der Waals surface area contributed by atoms with E-state index in [2.05, 4.69) is 38.0 Å². The molecule has 1 N–H and O–H groups in total. The van der Waals surface area contributed by atoms with Gasteiger partial charge in [0.25, 0.3) is 0 Å². The number of nitrogens with zero attached hydrogens (tertiary/aromatic N) is 3. The molecule has 1 atom stereocenters. The minimum absolute atomic E-state index is 0.0440. The Kier molecular flexibility index (Phi) is 4.96. The molecule has 0 radical (unpaired) electrons. The van der Waals surface area contributed by atoms with Crippen molar-refractivity contribution >= 4 is 16.9 Å². The molecule has 0 amide bonds. The summed E-state index contributed by atoms with van der Waals surface area (Å²) < 4.78 is 1.97. The van der Waals surface area contributed by atoms with Crippen LogP contribution in [0.1, 0.15) is 32.9 Å². The third-order valence-electron chi connectivity index (χ3n) is 3.94. The van der Waals surface area contributed by atoms with Gasteiger partial charge in [0.15, 0.2) is 0 Å². The average molecular weight is 289 g/mol. The van der Waals surface area contributed by atoms with Gasteiger partial charge in [-0.25, -0.2) is 0 Å². The summed E-state index contributed by atoms with van der Waals surface area (Å²) in [7, 11) is 0. The fourth-order valence-electron chi connectivity index (χ4n) is 2.55. The minimum Gasteiger partial charge on any atom is -0.480 e. The van der Waals surface area contributed by atoms with Crippen molar-refractivity contribution in [1.82, 2.24) is 14.7 Å². The highest BCUT2D eigenvalue weighted by Crippen LogP contribution is 2.21. The van der Waals surface area contributed by atoms with Gasteiger partial charge in [-0.2, -0.15) is 5.10 Å². The molecule has 21 heavy (non-hydrogen) atoms. The maximum Gasteiger partial charge on any atom is 0.317 e. The van der Waals surface area contributed by atoms with Gasteiger partial charge in [-0.1, -0.05) is 25.1 Å². The summed E-state index contributed by atoms with van der Waals surface area (Å²) in [6, 6.07) is 8.33. The summed E-state index contributed by atoms with van der Waals surface area (Å²) in [5.74, 6) is -0.797. The summed E-state index contributed by atoms with van der Waals surface area (Å²) in [6.07, 6.45) is 0.916. The summed E-state index contributed by atoms with van der Waals surface area (Å²) in [5.41, 5.74) is 2.06. The zero-order chi connectivity index (χ0) is 15.4. The Morgan fingerprint density at radius 3 is 2.71 bits per heavy atom. The number of carboxylic acid groups (broad SMARTS) is 1. The van der Waals surface area contributed by atoms with E-state index >= 15 is 0 Å². The normalized spacial score (nSPS) is 13.0. The van der Waals surface area contributed by atoms with E-state index in [1.807, 2.05) is 21.7 Å². The Bertz CT molecular complexity index is 621. The number of fused-ring (bicyclic) bond motifs is 1. The Balaban J connectivity index is 2.34. The third-order valence-corrected chi connectivity index (χ3v) is 3.94. The van der Waals surface area contributed by atoms with E-state index in [-0.39, 0.29) is 12.6 Å². The van der Waals surface area contributed by atoms with Gasteiger partial charge in [0.2, 0.25) is 0 Å². The molecule has 0 fully saturated rings. The van der Waals surface area contributed by atoms with Gasteiger partial charge in [-0.15, -0.1) is 0 Å². The van der Waals surface area contributed by atoms with Crippen LogP contribution in [-0.4, -0.2) is 38.3 Å². The number of aliphatic carboxylic acids is 1. The molecule has 5 heteroatoms. The van der Waals surface area contributed by atoms with Gasteiger partial charge < -0.3 is 5.11 Å². The molecule has 114 valence electrons. The van der Waals surface area contributed by atoms with Crippen LogP contribution in [0, 0.1) is 0 Å². The zero-order valence-electron chi connectivity index (χ0n) is 12.9. The van der Waals surface area contributed by atoms with Crippen molar-refractivity contribution < 1.29 is 9.90 Å². The second kappa shape index (κ2) is 6.72. The summed E-state index contributed by atoms with van der Waals surface area (Å²) in [4.78, 5) is 13.0. The Labute approximate surface area is 125 Å². The molecule has 1 aromatic carbocycles. The predicted octanol–water partition coefficient (Wildman–Crippen LogP) is 2.74. The van der Waals surface area contributed by atoms with Crippen LogP contribution in [0.25, 0.3) is 10.9 Å². The molecule has 1 heterocycles. The van der Waals surface area contributed by atoms with Crippen molar-refractivity contribution in [1.29, 1.82) is 0 Å². The van der Waals surface area contributed by atoms with Gasteiger partial charge in [-0.05, 0) is 26.3 Å². The summed E-state index contributed by atoms with van der Waals surface area (Å²) >= 11 is 0. The number of rotatable bonds is 7. The highest BCUT2D eigenvalue weighted by molar-refractivity contribution is 5.82. The number of carbonyl (C=O) groups is 1. The molecular weight excluding hydrogens is 266 g/mol. The van der Waals surface area contributed by atoms with Gasteiger partial charge >= 0.3 is 5.97 Å². The van der Waals surface area contributed by atoms with Gasteiger partial charge in [0, 0.05) is 24.5 Å². The molecular formula is C16H23N3O2. The van der Waals surface area contributed by atoms with Crippen LogP contribution in [0.2, 0.25) is 0 Å². The molecule has 0 aliphatic heterocycles. The number of hydrogen-bond donors (Lipinski definition) is 1. The predicted molar refractivity (Wildman–Crippen MR) is 83.2 cm³/mol. The molecule has 0 saturated carbocycles. The average Bonchev–Trinajstić information content (AvgIpc) is 2.83. The van der Waals surface area contributed by atoms with Crippen molar-refractivity contribution in [3.63, 3.8) is 0 Å². The lowest BCUT2D eigenvalue weighted by Gasteiger charge is -2.25. The Morgan fingerprint density at radius 1 is 1.38 bits per heavy atom. The lowest BCUT2D eigenvalue weighted by atomic mass is 10.1. The topological polar surface area (TPSA) is 58.4 Å². The van der Waals surface area contributed by atoms with Crippen molar-refractivity contribution in [2.75, 3.05) is 6.54 Å². The van der Waals surface area contributed by atoms with Crippen molar-refractivity contribution in [3.8, 4) is 0 Å². The quantitative estimate of drug-likeness (QED) is 0.851. The number of benzene rings is 1. The molecule has 0 spiro atoms. The van der Waals surface area contributed by atoms with Crippen LogP contribution < -0.4 is 0 Å². The first kappa shape index (κ1) is 15.5. The van der Waals surface area contributed by atoms with Crippen molar-refractivity contribution in [3.05, 3.63) is 30.0 Å². The molecule has 1 unspecified atom stereocenters. The van der Waals surface area contributed by atoms with Gasteiger partial charge in [0.1, 0.15) is 0 Å². The van der Waals surface area contributed by atoms with Crippen LogP contribution in [0.5, 0.6) is 0 Å². The fourth-order valence-corrected chi connectivity index (χ4v) is 2.55. The Morgan fingerprint density at radius 2 is 2.10 bits per heavy atom. The maximum atomic E-state index is 11.1. The van der Waals surface area contributed by atoms with E-state index in [0.717, 1.165) is 29.6 Å². The molecule has 5 nitrogen and oxygen atoms in total. The maximum absolute atomic E-state index is 11.1. The van der Waals surface area contributed by atoms with Gasteiger partial charge in [-0.3, -0.25) is 14.4 Å². The van der Waals surface area contributed by atoms with E-state index in [9.17, 15) is 4.79 Å². The lowest BCUT2D eigenvalue weighted by molar-refractivity contribution is -0.139. The first-order chi connectivity index (χ1) is 10.1. The lowest BCUT2D eigenvalue weighted by Crippen LogP contribution is -2.36. The molecule has 0 aliphatic rings. The van der Waals surface area contributed by atoms with Crippen LogP contribution in [0.3, 0.4) is 0 Å². The third kappa shape index (κ3) is 3.42.